The van der Waals surface area contributed by atoms with E-state index in [0.717, 1.165) is 47.6 Å². The predicted octanol–water partition coefficient (Wildman–Crippen LogP) is 3.39. The second-order valence-electron chi connectivity index (χ2n) is 6.99. The summed E-state index contributed by atoms with van der Waals surface area (Å²) in [6.07, 6.45) is 2.09. The fourth-order valence-corrected chi connectivity index (χ4v) is 3.32. The number of rotatable bonds is 5. The van der Waals surface area contributed by atoms with Crippen molar-refractivity contribution in [2.45, 2.75) is 32.5 Å². The largest absolute Gasteiger partial charge is 0.375 e. The molecule has 28 heavy (non-hydrogen) atoms. The standard InChI is InChI=1S/C21H28ClN5O/c1-15-14-27(10-11-28-15)20-12-17(8-9-24-20)13-25-21(23-3)26-16(2)18-4-6-19(22)7-5-18/h4-9,12,15-16H,10-11,13-14H2,1-3H3,(H2,23,25,26). The molecule has 1 aliphatic rings. The molecule has 1 aromatic heterocycles. The minimum absolute atomic E-state index is 0.117. The zero-order valence-corrected chi connectivity index (χ0v) is 17.4. The van der Waals surface area contributed by atoms with Gasteiger partial charge >= 0.3 is 0 Å². The van der Waals surface area contributed by atoms with Crippen LogP contribution >= 0.6 is 11.6 Å². The van der Waals surface area contributed by atoms with Crippen LogP contribution in [-0.4, -0.2) is 43.8 Å². The molecule has 1 aliphatic heterocycles. The molecular formula is C21H28ClN5O. The fourth-order valence-electron chi connectivity index (χ4n) is 3.19. The van der Waals surface area contributed by atoms with Gasteiger partial charge in [0.25, 0.3) is 0 Å². The molecular weight excluding hydrogens is 374 g/mol. The lowest BCUT2D eigenvalue weighted by atomic mass is 10.1. The Bertz CT molecular complexity index is 796. The van der Waals surface area contributed by atoms with Gasteiger partial charge in [0, 0.05) is 37.9 Å². The van der Waals surface area contributed by atoms with E-state index < -0.39 is 0 Å². The molecule has 2 atom stereocenters. The molecule has 1 fully saturated rings. The summed E-state index contributed by atoms with van der Waals surface area (Å²) in [5.41, 5.74) is 2.31. The molecule has 0 amide bonds. The van der Waals surface area contributed by atoms with Gasteiger partial charge in [-0.2, -0.15) is 0 Å². The Morgan fingerprint density at radius 1 is 1.36 bits per heavy atom. The Morgan fingerprint density at radius 3 is 2.86 bits per heavy atom. The van der Waals surface area contributed by atoms with Crippen LogP contribution in [0.3, 0.4) is 0 Å². The molecule has 3 rings (SSSR count). The summed E-state index contributed by atoms with van der Waals surface area (Å²) >= 11 is 5.97. The number of anilines is 1. The number of morpholine rings is 1. The zero-order chi connectivity index (χ0) is 19.9. The molecule has 7 heteroatoms. The second-order valence-corrected chi connectivity index (χ2v) is 7.43. The van der Waals surface area contributed by atoms with Crippen molar-refractivity contribution in [1.82, 2.24) is 15.6 Å². The van der Waals surface area contributed by atoms with Crippen LogP contribution in [0.2, 0.25) is 5.02 Å². The van der Waals surface area contributed by atoms with Crippen molar-refractivity contribution in [3.05, 3.63) is 58.7 Å². The van der Waals surface area contributed by atoms with E-state index in [1.165, 1.54) is 0 Å². The first kappa shape index (κ1) is 20.4. The lowest BCUT2D eigenvalue weighted by Gasteiger charge is -2.32. The van der Waals surface area contributed by atoms with Crippen LogP contribution in [0.15, 0.2) is 47.6 Å². The molecule has 6 nitrogen and oxygen atoms in total. The van der Waals surface area contributed by atoms with Gasteiger partial charge in [0.1, 0.15) is 5.82 Å². The first-order valence-electron chi connectivity index (χ1n) is 9.59. The maximum absolute atomic E-state index is 5.97. The summed E-state index contributed by atoms with van der Waals surface area (Å²) < 4.78 is 5.62. The van der Waals surface area contributed by atoms with Gasteiger partial charge in [-0.05, 0) is 49.2 Å². The number of ether oxygens (including phenoxy) is 1. The predicted molar refractivity (Wildman–Crippen MR) is 115 cm³/mol. The number of benzene rings is 1. The summed E-state index contributed by atoms with van der Waals surface area (Å²) in [6, 6.07) is 12.1. The van der Waals surface area contributed by atoms with Gasteiger partial charge in [0.2, 0.25) is 0 Å². The van der Waals surface area contributed by atoms with Crippen LogP contribution in [0.25, 0.3) is 0 Å². The van der Waals surface area contributed by atoms with Gasteiger partial charge in [-0.3, -0.25) is 4.99 Å². The van der Waals surface area contributed by atoms with E-state index in [1.54, 1.807) is 7.05 Å². The number of aliphatic imine (C=N–C) groups is 1. The van der Waals surface area contributed by atoms with Gasteiger partial charge in [0.15, 0.2) is 5.96 Å². The van der Waals surface area contributed by atoms with E-state index in [9.17, 15) is 0 Å². The first-order valence-corrected chi connectivity index (χ1v) is 9.97. The number of guanidine groups is 1. The van der Waals surface area contributed by atoms with Gasteiger partial charge in [-0.1, -0.05) is 23.7 Å². The van der Waals surface area contributed by atoms with E-state index in [0.29, 0.717) is 6.54 Å². The van der Waals surface area contributed by atoms with Crippen molar-refractivity contribution in [2.24, 2.45) is 4.99 Å². The number of hydrogen-bond acceptors (Lipinski definition) is 4. The molecule has 0 spiro atoms. The van der Waals surface area contributed by atoms with Gasteiger partial charge in [-0.15, -0.1) is 0 Å². The van der Waals surface area contributed by atoms with Crippen molar-refractivity contribution >= 4 is 23.4 Å². The quantitative estimate of drug-likeness (QED) is 0.594. The molecule has 2 N–H and O–H groups in total. The number of nitrogens with zero attached hydrogens (tertiary/aromatic N) is 3. The molecule has 2 aromatic rings. The SMILES string of the molecule is CN=C(NCc1ccnc(N2CCOC(C)C2)c1)NC(C)c1ccc(Cl)cc1. The van der Waals surface area contributed by atoms with E-state index in [4.69, 9.17) is 16.3 Å². The Balaban J connectivity index is 1.57. The maximum atomic E-state index is 5.97. The molecule has 2 heterocycles. The van der Waals surface area contributed by atoms with Crippen molar-refractivity contribution in [3.8, 4) is 0 Å². The Hall–Kier alpha value is -2.31. The van der Waals surface area contributed by atoms with Crippen molar-refractivity contribution in [1.29, 1.82) is 0 Å². The maximum Gasteiger partial charge on any atom is 0.191 e. The van der Waals surface area contributed by atoms with E-state index in [1.807, 2.05) is 36.5 Å². The van der Waals surface area contributed by atoms with E-state index in [2.05, 4.69) is 45.4 Å². The lowest BCUT2D eigenvalue weighted by molar-refractivity contribution is 0.0529. The Labute approximate surface area is 172 Å². The Kier molecular flexibility index (Phi) is 7.12. The van der Waals surface area contributed by atoms with Gasteiger partial charge in [-0.25, -0.2) is 4.98 Å². The second kappa shape index (κ2) is 9.75. The van der Waals surface area contributed by atoms with Crippen LogP contribution in [-0.2, 0) is 11.3 Å². The molecule has 0 saturated carbocycles. The number of halogens is 1. The minimum Gasteiger partial charge on any atom is -0.375 e. The molecule has 0 radical (unpaired) electrons. The number of hydrogen-bond donors (Lipinski definition) is 2. The highest BCUT2D eigenvalue weighted by atomic mass is 35.5. The average molecular weight is 402 g/mol. The summed E-state index contributed by atoms with van der Waals surface area (Å²) in [6.45, 7) is 7.34. The van der Waals surface area contributed by atoms with Crippen LogP contribution in [0.1, 0.15) is 31.0 Å². The van der Waals surface area contributed by atoms with Crippen LogP contribution in [0.5, 0.6) is 0 Å². The first-order chi connectivity index (χ1) is 13.5. The molecule has 0 bridgehead atoms. The molecule has 1 aromatic carbocycles. The monoisotopic (exact) mass is 401 g/mol. The zero-order valence-electron chi connectivity index (χ0n) is 16.7. The Morgan fingerprint density at radius 2 is 2.14 bits per heavy atom. The summed E-state index contributed by atoms with van der Waals surface area (Å²) in [5.74, 6) is 1.74. The van der Waals surface area contributed by atoms with Crippen molar-refractivity contribution < 1.29 is 4.74 Å². The number of aromatic nitrogens is 1. The molecule has 1 saturated heterocycles. The highest BCUT2D eigenvalue weighted by Gasteiger charge is 2.18. The van der Waals surface area contributed by atoms with E-state index >= 15 is 0 Å². The van der Waals surface area contributed by atoms with Crippen LogP contribution in [0, 0.1) is 0 Å². The third kappa shape index (κ3) is 5.59. The summed E-state index contributed by atoms with van der Waals surface area (Å²) in [7, 11) is 1.77. The molecule has 150 valence electrons. The average Bonchev–Trinajstić information content (AvgIpc) is 2.71. The molecule has 2 unspecified atom stereocenters. The summed E-state index contributed by atoms with van der Waals surface area (Å²) in [4.78, 5) is 11.1. The van der Waals surface area contributed by atoms with Gasteiger partial charge < -0.3 is 20.3 Å². The van der Waals surface area contributed by atoms with Crippen molar-refractivity contribution in [2.75, 3.05) is 31.6 Å². The fraction of sp³-hybridized carbons (Fsp3) is 0.429. The smallest absolute Gasteiger partial charge is 0.191 e. The van der Waals surface area contributed by atoms with E-state index in [-0.39, 0.29) is 12.1 Å². The lowest BCUT2D eigenvalue weighted by Crippen LogP contribution is -2.41. The highest BCUT2D eigenvalue weighted by molar-refractivity contribution is 6.30. The summed E-state index contributed by atoms with van der Waals surface area (Å²) in [5, 5.41) is 7.53. The molecule has 0 aliphatic carbocycles. The van der Waals surface area contributed by atoms with Gasteiger partial charge in [0.05, 0.1) is 18.8 Å². The number of nitrogens with one attached hydrogen (secondary N) is 2. The third-order valence-corrected chi connectivity index (χ3v) is 5.03. The van der Waals surface area contributed by atoms with Crippen LogP contribution < -0.4 is 15.5 Å². The number of pyridine rings is 1. The van der Waals surface area contributed by atoms with Crippen LogP contribution in [0.4, 0.5) is 5.82 Å². The van der Waals surface area contributed by atoms with Crippen molar-refractivity contribution in [3.63, 3.8) is 0 Å². The third-order valence-electron chi connectivity index (χ3n) is 4.78. The topological polar surface area (TPSA) is 61.8 Å². The normalized spacial score (nSPS) is 18.6. The minimum atomic E-state index is 0.117. The highest BCUT2D eigenvalue weighted by Crippen LogP contribution is 2.17.